The number of nitrogens with one attached hydrogen (secondary N) is 5. The van der Waals surface area contributed by atoms with E-state index in [2.05, 4.69) is 189 Å². The summed E-state index contributed by atoms with van der Waals surface area (Å²) in [5.74, 6) is 4.90. The number of likely N-dealkylation sites (N-methyl/N-ethyl adjacent to an activating group) is 1. The van der Waals surface area contributed by atoms with Crippen LogP contribution in [-0.2, 0) is 32.4 Å². The van der Waals surface area contributed by atoms with Crippen molar-refractivity contribution < 1.29 is 9.30 Å². The minimum Gasteiger partial charge on any atom is -0.379 e. The fourth-order valence-electron chi connectivity index (χ4n) is 18.2. The Bertz CT molecular complexity index is 6540. The van der Waals surface area contributed by atoms with Crippen LogP contribution >= 0.6 is 0 Å². The van der Waals surface area contributed by atoms with Gasteiger partial charge in [0.05, 0.1) is 43.3 Å². The van der Waals surface area contributed by atoms with E-state index in [1.807, 2.05) is 128 Å². The second-order valence-electron chi connectivity index (χ2n) is 34.0. The number of ether oxygens (including phenoxy) is 1. The number of fused-ring (bicyclic) bond motifs is 3. The Labute approximate surface area is 719 Å². The minimum atomic E-state index is -0.0962. The molecule has 21 rings (SSSR count). The molecule has 4 aliphatic heterocycles. The maximum absolute atomic E-state index is 14.3. The van der Waals surface area contributed by atoms with Gasteiger partial charge >= 0.3 is 0 Å². The SMILES string of the molecule is CN1CCC(c2ccc(Nc3ncc4cc(-c5nccn5-c5cncn5C)c(=O)n(CC5CC5)c4n3)cc2)CC1.CN1CCN(c2ccc(Nc3ncc4cc(-c5ccccc5-c5[nH]cc[n+]5C)c(=O)n(C5CCCC5)c4n3)cc2)CC1.Cc1cc(Nc2ncc3cc(-c4ccc(-c5ccn(C)c5)cc4)c(=O)n(C4CCOC4)c3n2)ccc1N1CCNCC1. The number of piperidine rings is 1. The molecule has 2 aliphatic carbocycles. The van der Waals surface area contributed by atoms with E-state index in [1.165, 1.54) is 35.3 Å². The summed E-state index contributed by atoms with van der Waals surface area (Å²) in [5.41, 5.74) is 16.4. The molecule has 124 heavy (non-hydrogen) atoms. The van der Waals surface area contributed by atoms with Crippen LogP contribution in [0.25, 0.3) is 95.1 Å². The Morgan fingerprint density at radius 1 is 0.532 bits per heavy atom. The third-order valence-corrected chi connectivity index (χ3v) is 25.4. The summed E-state index contributed by atoms with van der Waals surface area (Å²) >= 11 is 0. The Morgan fingerprint density at radius 2 is 1.15 bits per heavy atom. The molecular weight excluding hydrogens is 1550 g/mol. The van der Waals surface area contributed by atoms with Crippen LogP contribution in [0.1, 0.15) is 86.9 Å². The van der Waals surface area contributed by atoms with Crippen molar-refractivity contribution in [2.75, 3.05) is 119 Å². The first-order valence-electron chi connectivity index (χ1n) is 43.5. The number of aromatic nitrogens is 16. The molecule has 28 nitrogen and oxygen atoms in total. The molecule has 5 aromatic carbocycles. The van der Waals surface area contributed by atoms with E-state index >= 15 is 0 Å². The van der Waals surface area contributed by atoms with Crippen molar-refractivity contribution in [2.24, 2.45) is 27.1 Å². The number of benzene rings is 5. The van der Waals surface area contributed by atoms with Crippen molar-refractivity contribution in [1.82, 2.24) is 87.4 Å². The molecule has 14 heterocycles. The van der Waals surface area contributed by atoms with Crippen LogP contribution in [0.15, 0.2) is 222 Å². The summed E-state index contributed by atoms with van der Waals surface area (Å²) in [6.45, 7) is 14.4. The zero-order chi connectivity index (χ0) is 84.5. The number of nitrogens with zero attached hydrogens (tertiary/aromatic N) is 19. The molecular formula is C96H105N24O4+. The number of aromatic amines is 1. The van der Waals surface area contributed by atoms with E-state index in [0.717, 1.165) is 183 Å². The molecule has 0 bridgehead atoms. The summed E-state index contributed by atoms with van der Waals surface area (Å²) in [6, 6.07) is 47.5. The van der Waals surface area contributed by atoms with Gasteiger partial charge in [-0.3, -0.25) is 32.7 Å². The van der Waals surface area contributed by atoms with Gasteiger partial charge in [-0.2, -0.15) is 15.0 Å². The van der Waals surface area contributed by atoms with Crippen LogP contribution in [-0.4, -0.2) is 175 Å². The van der Waals surface area contributed by atoms with Crippen molar-refractivity contribution in [1.29, 1.82) is 0 Å². The average Bonchev–Trinajstić information content (AvgIpc) is 1.19. The third kappa shape index (κ3) is 17.1. The van der Waals surface area contributed by atoms with Crippen LogP contribution < -0.4 is 52.3 Å². The maximum atomic E-state index is 14.3. The van der Waals surface area contributed by atoms with Gasteiger partial charge in [0.1, 0.15) is 35.2 Å². The van der Waals surface area contributed by atoms with Crippen LogP contribution in [0.4, 0.5) is 46.3 Å². The van der Waals surface area contributed by atoms with E-state index in [1.54, 1.807) is 35.7 Å². The number of rotatable bonds is 19. The van der Waals surface area contributed by atoms with Crippen LogP contribution in [0, 0.1) is 12.8 Å². The summed E-state index contributed by atoms with van der Waals surface area (Å²) in [6.07, 6.45) is 30.1. The number of hydrogen-bond donors (Lipinski definition) is 5. The van der Waals surface area contributed by atoms with Gasteiger partial charge in [0.15, 0.2) is 5.82 Å². The van der Waals surface area contributed by atoms with Gasteiger partial charge < -0.3 is 54.7 Å². The van der Waals surface area contributed by atoms with Crippen molar-refractivity contribution in [3.05, 3.63) is 250 Å². The fraction of sp³-hybridized carbons (Fsp3) is 0.333. The molecule has 1 atom stereocenters. The smallest absolute Gasteiger partial charge is 0.287 e. The van der Waals surface area contributed by atoms with Crippen LogP contribution in [0.3, 0.4) is 0 Å². The average molecular weight is 1660 g/mol. The predicted molar refractivity (Wildman–Crippen MR) is 490 cm³/mol. The molecule has 632 valence electrons. The van der Waals surface area contributed by atoms with E-state index < -0.39 is 0 Å². The molecule has 5 N–H and O–H groups in total. The van der Waals surface area contributed by atoms with Gasteiger partial charge in [-0.1, -0.05) is 67.4 Å². The lowest BCUT2D eigenvalue weighted by Gasteiger charge is -2.34. The van der Waals surface area contributed by atoms with E-state index in [9.17, 15) is 14.4 Å². The summed E-state index contributed by atoms with van der Waals surface area (Å²) in [7, 11) is 10.3. The topological polar surface area (TPSA) is 274 Å². The Morgan fingerprint density at radius 3 is 1.77 bits per heavy atom. The first-order valence-corrected chi connectivity index (χ1v) is 43.5. The molecule has 10 aromatic heterocycles. The number of likely N-dealkylation sites (tertiary alicyclic amines) is 1. The standard InChI is InChI=1S/C33H36N8O.C33H35N7O2.C30H33N9O/c1-38-17-19-40(20-18-38)25-13-11-24(12-14-25)36-33-35-22-23-21-29(32(42)41(30(23)37-33)26-7-3-4-8-26)27-9-5-6-10-28(27)31-34-15-16-39(31)2;1-22-17-27(7-8-30(22)39-14-11-34-12-15-39)36-33-35-19-26-18-29(32(41)40(31(26)37-33)28-10-16-42-21-28)24-5-3-23(4-6-24)25-9-13-38(2)20-25;1-36-12-9-22(10-13-36)21-5-7-24(8-6-21)34-30-33-16-23-15-25(29(40)39(27(23)35-30)18-20-3-4-20)28-32-11-14-38(28)26-17-31-19-37(26)2/h5-6,9-16,21-22,26H,3-4,7-8,17-20H2,1-2H3,(H,34,35,36,37,42);3-9,13,17-20,28,34H,10-12,14-16,21H2,1-2H3,(H,35,36,37);5-8,11,14-17,19-20,22H,3-4,9-10,12-13,18H2,1-2H3,(H,33,34,35)/p+1. The normalized spacial score (nSPS) is 16.7. The third-order valence-electron chi connectivity index (χ3n) is 25.4. The highest BCUT2D eigenvalue weighted by Crippen LogP contribution is 2.38. The zero-order valence-electron chi connectivity index (χ0n) is 71.1. The molecule has 4 saturated heterocycles. The molecule has 0 amide bonds. The van der Waals surface area contributed by atoms with Gasteiger partial charge in [-0.15, -0.1) is 0 Å². The number of anilines is 8. The van der Waals surface area contributed by atoms with Crippen molar-refractivity contribution in [3.8, 4) is 62.0 Å². The number of H-pyrrole nitrogens is 1. The maximum Gasteiger partial charge on any atom is 0.287 e. The number of aryl methyl sites for hydroxylation is 4. The molecule has 6 aliphatic rings. The Balaban J connectivity index is 0.000000122. The molecule has 6 fully saturated rings. The van der Waals surface area contributed by atoms with Crippen molar-refractivity contribution in [2.45, 2.75) is 89.3 Å². The quantitative estimate of drug-likeness (QED) is 0.0471. The van der Waals surface area contributed by atoms with E-state index in [4.69, 9.17) is 19.7 Å². The van der Waals surface area contributed by atoms with Gasteiger partial charge in [0.25, 0.3) is 22.5 Å². The van der Waals surface area contributed by atoms with Crippen molar-refractivity contribution >= 4 is 79.4 Å². The second-order valence-corrected chi connectivity index (χ2v) is 34.0. The second kappa shape index (κ2) is 35.3. The van der Waals surface area contributed by atoms with E-state index in [0.29, 0.717) is 88.9 Å². The predicted octanol–water partition coefficient (Wildman–Crippen LogP) is 14.1. The number of piperazine rings is 2. The summed E-state index contributed by atoms with van der Waals surface area (Å²) in [5, 5.41) is 16.0. The molecule has 2 saturated carbocycles. The zero-order valence-corrected chi connectivity index (χ0v) is 71.1. The van der Waals surface area contributed by atoms with Gasteiger partial charge in [0.2, 0.25) is 17.8 Å². The number of pyridine rings is 3. The molecule has 28 heteroatoms. The highest BCUT2D eigenvalue weighted by atomic mass is 16.5. The molecule has 1 unspecified atom stereocenters. The largest absolute Gasteiger partial charge is 0.379 e. The lowest BCUT2D eigenvalue weighted by atomic mass is 9.89. The van der Waals surface area contributed by atoms with Crippen LogP contribution in [0.5, 0.6) is 0 Å². The monoisotopic (exact) mass is 1660 g/mol. The van der Waals surface area contributed by atoms with Crippen LogP contribution in [0.2, 0.25) is 0 Å². The Kier molecular flexibility index (Phi) is 22.9. The lowest BCUT2D eigenvalue weighted by Crippen LogP contribution is -2.44. The minimum absolute atomic E-state index is 0.00256. The van der Waals surface area contributed by atoms with E-state index in [-0.39, 0.29) is 28.8 Å². The number of hydrogen-bond acceptors (Lipinski definition) is 20. The molecule has 0 radical (unpaired) electrons. The Hall–Kier alpha value is -13.3. The van der Waals surface area contributed by atoms with Crippen molar-refractivity contribution in [3.63, 3.8) is 0 Å². The number of imidazole rings is 3. The summed E-state index contributed by atoms with van der Waals surface area (Å²) in [4.78, 5) is 92.6. The summed E-state index contributed by atoms with van der Waals surface area (Å²) < 4.78 is 19.1. The fourth-order valence-corrected chi connectivity index (χ4v) is 18.2. The van der Waals surface area contributed by atoms with Gasteiger partial charge in [-0.25, -0.2) is 34.5 Å². The lowest BCUT2D eigenvalue weighted by molar-refractivity contribution is -0.658. The molecule has 0 spiro atoms. The first kappa shape index (κ1) is 80.4. The van der Waals surface area contributed by atoms with Gasteiger partial charge in [-0.05, 0) is 204 Å². The first-order chi connectivity index (χ1) is 60.6. The molecule has 15 aromatic rings. The van der Waals surface area contributed by atoms with Gasteiger partial charge in [0, 0.05) is 190 Å². The highest BCUT2D eigenvalue weighted by Gasteiger charge is 2.31. The highest BCUT2D eigenvalue weighted by molar-refractivity contribution is 5.88.